The van der Waals surface area contributed by atoms with Gasteiger partial charge in [-0.2, -0.15) is 0 Å². The van der Waals surface area contributed by atoms with Crippen molar-refractivity contribution in [1.29, 1.82) is 0 Å². The molecule has 3 heteroatoms. The van der Waals surface area contributed by atoms with Crippen LogP contribution >= 0.6 is 0 Å². The second-order valence-electron chi connectivity index (χ2n) is 7.57. The van der Waals surface area contributed by atoms with E-state index in [1.807, 2.05) is 12.1 Å². The first kappa shape index (κ1) is 17.1. The Morgan fingerprint density at radius 1 is 1.05 bits per heavy atom. The van der Waals surface area contributed by atoms with Crippen LogP contribution < -0.4 is 5.32 Å². The molecule has 1 N–H and O–H groups in total. The van der Waals surface area contributed by atoms with E-state index in [0.717, 1.165) is 25.2 Å². The summed E-state index contributed by atoms with van der Waals surface area (Å²) in [5.41, 5.74) is 1.49. The molecule has 2 nitrogen and oxygen atoms in total. The lowest BCUT2D eigenvalue weighted by atomic mass is 9.91. The Labute approximate surface area is 123 Å². The summed E-state index contributed by atoms with van der Waals surface area (Å²) in [5, 5.41) is 3.56. The zero-order valence-corrected chi connectivity index (χ0v) is 13.8. The van der Waals surface area contributed by atoms with Crippen LogP contribution in [-0.4, -0.2) is 30.6 Å². The number of nitrogens with zero attached hydrogens (tertiary/aromatic N) is 1. The average Bonchev–Trinajstić information content (AvgIpc) is 2.28. The molecular formula is C17H29FN2. The fourth-order valence-electron chi connectivity index (χ4n) is 2.25. The van der Waals surface area contributed by atoms with Crippen molar-refractivity contribution in [1.82, 2.24) is 10.2 Å². The molecule has 0 aromatic heterocycles. The number of hydrogen-bond donors (Lipinski definition) is 1. The fraction of sp³-hybridized carbons (Fsp3) is 0.647. The molecule has 0 aliphatic heterocycles. The predicted octanol–water partition coefficient (Wildman–Crippen LogP) is 3.67. The number of rotatable bonds is 6. The first-order valence-electron chi connectivity index (χ1n) is 7.25. The molecule has 0 heterocycles. The van der Waals surface area contributed by atoms with Crippen LogP contribution in [0.2, 0.25) is 0 Å². The average molecular weight is 280 g/mol. The van der Waals surface area contributed by atoms with E-state index < -0.39 is 0 Å². The summed E-state index contributed by atoms with van der Waals surface area (Å²) in [6.07, 6.45) is 0. The third-order valence-electron chi connectivity index (χ3n) is 3.16. The monoisotopic (exact) mass is 280 g/mol. The molecule has 0 radical (unpaired) electrons. The molecule has 0 saturated heterocycles. The van der Waals surface area contributed by atoms with E-state index in [4.69, 9.17) is 0 Å². The maximum atomic E-state index is 12.9. The molecule has 0 atom stereocenters. The Kier molecular flexibility index (Phi) is 5.72. The van der Waals surface area contributed by atoms with E-state index in [1.165, 1.54) is 12.1 Å². The lowest BCUT2D eigenvalue weighted by molar-refractivity contribution is 0.186. The molecule has 0 fully saturated rings. The van der Waals surface area contributed by atoms with Crippen molar-refractivity contribution < 1.29 is 4.39 Å². The third-order valence-corrected chi connectivity index (χ3v) is 3.16. The Bertz CT molecular complexity index is 404. The summed E-state index contributed by atoms with van der Waals surface area (Å²) in [4.78, 5) is 2.29. The Morgan fingerprint density at radius 2 is 1.60 bits per heavy atom. The second kappa shape index (κ2) is 6.68. The van der Waals surface area contributed by atoms with Crippen molar-refractivity contribution in [3.8, 4) is 0 Å². The molecule has 0 saturated carbocycles. The molecule has 1 aromatic rings. The molecule has 0 aliphatic rings. The summed E-state index contributed by atoms with van der Waals surface area (Å²) in [5.74, 6) is -0.175. The highest BCUT2D eigenvalue weighted by molar-refractivity contribution is 5.15. The van der Waals surface area contributed by atoms with E-state index in [1.54, 1.807) is 0 Å². The summed E-state index contributed by atoms with van der Waals surface area (Å²) in [6.45, 7) is 13.9. The van der Waals surface area contributed by atoms with E-state index in [0.29, 0.717) is 0 Å². The summed E-state index contributed by atoms with van der Waals surface area (Å²) in [7, 11) is 2.11. The van der Waals surface area contributed by atoms with Crippen LogP contribution in [0.5, 0.6) is 0 Å². The van der Waals surface area contributed by atoms with Crippen LogP contribution in [0.1, 0.15) is 40.2 Å². The van der Waals surface area contributed by atoms with Gasteiger partial charge in [-0.3, -0.25) is 0 Å². The Balaban J connectivity index is 2.47. The van der Waals surface area contributed by atoms with Gasteiger partial charge >= 0.3 is 0 Å². The van der Waals surface area contributed by atoms with E-state index in [2.05, 4.69) is 51.9 Å². The lowest BCUT2D eigenvalue weighted by Crippen LogP contribution is -2.45. The minimum atomic E-state index is -0.175. The van der Waals surface area contributed by atoms with E-state index in [9.17, 15) is 4.39 Å². The summed E-state index contributed by atoms with van der Waals surface area (Å²) >= 11 is 0. The van der Waals surface area contributed by atoms with Crippen LogP contribution in [0.15, 0.2) is 24.3 Å². The van der Waals surface area contributed by atoms with Crippen molar-refractivity contribution >= 4 is 0 Å². The van der Waals surface area contributed by atoms with Gasteiger partial charge in [0.1, 0.15) is 5.82 Å². The SMILES string of the molecule is CN(Cc1ccc(F)cc1)CC(C)(C)CNC(C)(C)C. The van der Waals surface area contributed by atoms with Crippen LogP contribution in [0.4, 0.5) is 4.39 Å². The number of benzene rings is 1. The maximum Gasteiger partial charge on any atom is 0.123 e. The molecule has 0 bridgehead atoms. The molecule has 1 rings (SSSR count). The Morgan fingerprint density at radius 3 is 2.10 bits per heavy atom. The molecular weight excluding hydrogens is 251 g/mol. The molecule has 1 aromatic carbocycles. The van der Waals surface area contributed by atoms with Crippen LogP contribution in [0.25, 0.3) is 0 Å². The Hall–Kier alpha value is -0.930. The van der Waals surface area contributed by atoms with Crippen molar-refractivity contribution in [3.05, 3.63) is 35.6 Å². The van der Waals surface area contributed by atoms with Crippen molar-refractivity contribution in [2.75, 3.05) is 20.1 Å². The molecule has 0 amide bonds. The molecule has 0 spiro atoms. The lowest BCUT2D eigenvalue weighted by Gasteiger charge is -2.34. The van der Waals surface area contributed by atoms with Gasteiger partial charge in [0.2, 0.25) is 0 Å². The number of halogens is 1. The van der Waals surface area contributed by atoms with E-state index >= 15 is 0 Å². The van der Waals surface area contributed by atoms with Gasteiger partial charge in [-0.15, -0.1) is 0 Å². The predicted molar refractivity (Wildman–Crippen MR) is 84.3 cm³/mol. The summed E-state index contributed by atoms with van der Waals surface area (Å²) in [6, 6.07) is 6.75. The first-order valence-corrected chi connectivity index (χ1v) is 7.25. The maximum absolute atomic E-state index is 12.9. The normalized spacial score (nSPS) is 13.0. The number of nitrogens with one attached hydrogen (secondary N) is 1. The van der Waals surface area contributed by atoms with Crippen molar-refractivity contribution in [2.45, 2.75) is 46.7 Å². The van der Waals surface area contributed by atoms with Crippen molar-refractivity contribution in [2.24, 2.45) is 5.41 Å². The highest BCUT2D eigenvalue weighted by atomic mass is 19.1. The second-order valence-corrected chi connectivity index (χ2v) is 7.57. The van der Waals surface area contributed by atoms with Gasteiger partial charge in [-0.05, 0) is 50.9 Å². The standard InChI is InChI=1S/C17H29FN2/c1-16(2,3)19-12-17(4,5)13-20(6)11-14-7-9-15(18)10-8-14/h7-10,19H,11-13H2,1-6H3. The van der Waals surface area contributed by atoms with Crippen LogP contribution in [0.3, 0.4) is 0 Å². The van der Waals surface area contributed by atoms with E-state index in [-0.39, 0.29) is 16.8 Å². The number of hydrogen-bond acceptors (Lipinski definition) is 2. The highest BCUT2D eigenvalue weighted by Crippen LogP contribution is 2.18. The highest BCUT2D eigenvalue weighted by Gasteiger charge is 2.22. The molecule has 0 unspecified atom stereocenters. The van der Waals surface area contributed by atoms with Gasteiger partial charge in [0.05, 0.1) is 0 Å². The molecule has 20 heavy (non-hydrogen) atoms. The fourth-order valence-corrected chi connectivity index (χ4v) is 2.25. The zero-order chi connectivity index (χ0) is 15.4. The van der Waals surface area contributed by atoms with Gasteiger partial charge in [-0.25, -0.2) is 4.39 Å². The smallest absolute Gasteiger partial charge is 0.123 e. The summed E-state index contributed by atoms with van der Waals surface area (Å²) < 4.78 is 12.9. The van der Waals surface area contributed by atoms with Crippen LogP contribution in [-0.2, 0) is 6.54 Å². The minimum absolute atomic E-state index is 0.146. The quantitative estimate of drug-likeness (QED) is 0.855. The minimum Gasteiger partial charge on any atom is -0.311 e. The van der Waals surface area contributed by atoms with Gasteiger partial charge < -0.3 is 10.2 Å². The van der Waals surface area contributed by atoms with Crippen molar-refractivity contribution in [3.63, 3.8) is 0 Å². The van der Waals surface area contributed by atoms with Gasteiger partial charge in [0.15, 0.2) is 0 Å². The topological polar surface area (TPSA) is 15.3 Å². The van der Waals surface area contributed by atoms with Gasteiger partial charge in [0, 0.05) is 25.2 Å². The third kappa shape index (κ3) is 7.01. The zero-order valence-electron chi connectivity index (χ0n) is 13.8. The molecule has 0 aliphatic carbocycles. The van der Waals surface area contributed by atoms with Crippen LogP contribution in [0, 0.1) is 11.2 Å². The first-order chi connectivity index (χ1) is 9.07. The molecule has 114 valence electrons. The largest absolute Gasteiger partial charge is 0.311 e. The van der Waals surface area contributed by atoms with Gasteiger partial charge in [0.25, 0.3) is 0 Å². The van der Waals surface area contributed by atoms with Gasteiger partial charge in [-0.1, -0.05) is 26.0 Å².